The van der Waals surface area contributed by atoms with Gasteiger partial charge in [0.05, 0.1) is 0 Å². The second-order valence-electron chi connectivity index (χ2n) is 12.3. The molecule has 0 spiro atoms. The van der Waals surface area contributed by atoms with Crippen LogP contribution in [0.3, 0.4) is 0 Å². The van der Waals surface area contributed by atoms with Crippen molar-refractivity contribution < 1.29 is 33.8 Å². The zero-order valence-corrected chi connectivity index (χ0v) is 28.0. The van der Waals surface area contributed by atoms with Crippen molar-refractivity contribution in [1.29, 1.82) is 0 Å². The van der Waals surface area contributed by atoms with E-state index in [1.807, 2.05) is 0 Å². The number of rotatable bonds is 32. The Bertz CT molecular complexity index is 691. The highest BCUT2D eigenvalue weighted by atomic mass is 16.6. The molecule has 7 nitrogen and oxygen atoms in total. The normalized spacial score (nSPS) is 11.8. The van der Waals surface area contributed by atoms with Crippen LogP contribution in [0.5, 0.6) is 0 Å². The average Bonchev–Trinajstić information content (AvgIpc) is 2.97. The highest BCUT2D eigenvalue weighted by Crippen LogP contribution is 2.15. The molecular formula is C36H66O7. The van der Waals surface area contributed by atoms with Crippen LogP contribution in [0.4, 0.5) is 0 Å². The van der Waals surface area contributed by atoms with Crippen molar-refractivity contribution in [2.75, 3.05) is 0 Å². The number of Topliss-reactive ketones (excluding diaryl/α,β-unsaturated/α-hetero) is 1. The monoisotopic (exact) mass is 610 g/mol. The highest BCUT2D eigenvalue weighted by Gasteiger charge is 2.24. The van der Waals surface area contributed by atoms with Gasteiger partial charge in [-0.3, -0.25) is 19.2 Å². The zero-order chi connectivity index (χ0) is 31.8. The number of aliphatic hydroxyl groups excluding tert-OH is 1. The Morgan fingerprint density at radius 3 is 1.09 bits per heavy atom. The summed E-state index contributed by atoms with van der Waals surface area (Å²) in [5.74, 6) is -3.36. The summed E-state index contributed by atoms with van der Waals surface area (Å²) in [5.41, 5.74) is 0. The van der Waals surface area contributed by atoms with Crippen molar-refractivity contribution >= 4 is 23.7 Å². The Morgan fingerprint density at radius 2 is 0.744 bits per heavy atom. The summed E-state index contributed by atoms with van der Waals surface area (Å²) >= 11 is 0. The van der Waals surface area contributed by atoms with E-state index >= 15 is 0 Å². The standard InChI is InChI=1S/C36H66O7/c1-3-5-7-9-11-13-15-17-19-21-23-25-27-29-33(38)42-35(40)31-32(37)36(41)43-34(39)30-28-26-24-22-20-18-16-14-12-10-8-6-4-2/h36,41H,3-31H2,1-2H3. The lowest BCUT2D eigenvalue weighted by molar-refractivity contribution is -0.178. The second kappa shape index (κ2) is 31.7. The van der Waals surface area contributed by atoms with Gasteiger partial charge in [0.25, 0.3) is 6.29 Å². The van der Waals surface area contributed by atoms with Crippen molar-refractivity contribution in [1.82, 2.24) is 0 Å². The van der Waals surface area contributed by atoms with Gasteiger partial charge in [0.1, 0.15) is 6.42 Å². The summed E-state index contributed by atoms with van der Waals surface area (Å²) in [4.78, 5) is 47.7. The van der Waals surface area contributed by atoms with Gasteiger partial charge in [0, 0.05) is 12.8 Å². The minimum absolute atomic E-state index is 0.115. The lowest BCUT2D eigenvalue weighted by atomic mass is 10.0. The molecule has 0 aromatic rings. The molecule has 0 radical (unpaired) electrons. The molecule has 0 rings (SSSR count). The topological polar surface area (TPSA) is 107 Å². The number of aliphatic hydroxyl groups is 1. The number of ketones is 1. The van der Waals surface area contributed by atoms with Gasteiger partial charge in [-0.1, -0.05) is 168 Å². The molecule has 0 aliphatic rings. The van der Waals surface area contributed by atoms with Gasteiger partial charge in [-0.15, -0.1) is 0 Å². The molecule has 0 saturated carbocycles. The highest BCUT2D eigenvalue weighted by molar-refractivity contribution is 6.00. The zero-order valence-electron chi connectivity index (χ0n) is 28.0. The van der Waals surface area contributed by atoms with E-state index in [0.29, 0.717) is 12.8 Å². The molecule has 1 N–H and O–H groups in total. The van der Waals surface area contributed by atoms with Gasteiger partial charge in [-0.05, 0) is 12.8 Å². The van der Waals surface area contributed by atoms with E-state index in [2.05, 4.69) is 18.6 Å². The molecule has 0 aliphatic carbocycles. The molecule has 0 bridgehead atoms. The summed E-state index contributed by atoms with van der Waals surface area (Å²) in [6.07, 6.45) is 28.4. The number of hydrogen-bond donors (Lipinski definition) is 1. The Kier molecular flexibility index (Phi) is 30.4. The minimum atomic E-state index is -2.02. The van der Waals surface area contributed by atoms with Gasteiger partial charge in [-0.25, -0.2) is 0 Å². The fraction of sp³-hybridized carbons (Fsp3) is 0.889. The van der Waals surface area contributed by atoms with Crippen LogP contribution in [0.1, 0.15) is 200 Å². The Balaban J connectivity index is 3.66. The molecule has 252 valence electrons. The molecule has 0 aromatic heterocycles. The lowest BCUT2D eigenvalue weighted by Crippen LogP contribution is -2.29. The third-order valence-electron chi connectivity index (χ3n) is 8.03. The van der Waals surface area contributed by atoms with E-state index in [0.717, 1.165) is 38.5 Å². The van der Waals surface area contributed by atoms with Crippen LogP contribution in [-0.4, -0.2) is 35.1 Å². The molecule has 1 unspecified atom stereocenters. The first kappa shape index (κ1) is 41.2. The first-order valence-electron chi connectivity index (χ1n) is 18.0. The number of carbonyl (C=O) groups is 4. The van der Waals surface area contributed by atoms with Crippen LogP contribution in [0.15, 0.2) is 0 Å². The number of unbranched alkanes of at least 4 members (excludes halogenated alkanes) is 24. The van der Waals surface area contributed by atoms with E-state index in [1.54, 1.807) is 0 Å². The van der Waals surface area contributed by atoms with E-state index in [9.17, 15) is 24.3 Å². The summed E-state index contributed by atoms with van der Waals surface area (Å²) in [7, 11) is 0. The van der Waals surface area contributed by atoms with E-state index in [-0.39, 0.29) is 12.8 Å². The summed E-state index contributed by atoms with van der Waals surface area (Å²) in [5, 5.41) is 9.83. The Labute approximate surface area is 263 Å². The fourth-order valence-corrected chi connectivity index (χ4v) is 5.27. The Morgan fingerprint density at radius 1 is 0.442 bits per heavy atom. The van der Waals surface area contributed by atoms with Crippen LogP contribution in [-0.2, 0) is 28.7 Å². The number of hydrogen-bond acceptors (Lipinski definition) is 7. The van der Waals surface area contributed by atoms with E-state index < -0.39 is 36.4 Å². The first-order chi connectivity index (χ1) is 20.9. The number of ether oxygens (including phenoxy) is 2. The molecule has 0 aliphatic heterocycles. The van der Waals surface area contributed by atoms with Gasteiger partial charge >= 0.3 is 17.9 Å². The minimum Gasteiger partial charge on any atom is -0.428 e. The molecule has 0 fully saturated rings. The summed E-state index contributed by atoms with van der Waals surface area (Å²) in [6, 6.07) is 0. The van der Waals surface area contributed by atoms with Gasteiger partial charge in [0.15, 0.2) is 0 Å². The van der Waals surface area contributed by atoms with Crippen molar-refractivity contribution in [3.63, 3.8) is 0 Å². The first-order valence-corrected chi connectivity index (χ1v) is 18.0. The summed E-state index contributed by atoms with van der Waals surface area (Å²) < 4.78 is 9.44. The number of esters is 3. The third-order valence-corrected chi connectivity index (χ3v) is 8.03. The molecule has 0 amide bonds. The van der Waals surface area contributed by atoms with Gasteiger partial charge in [0.2, 0.25) is 5.78 Å². The summed E-state index contributed by atoms with van der Waals surface area (Å²) in [6.45, 7) is 4.47. The SMILES string of the molecule is CCCCCCCCCCCCCCCC(=O)OC(=O)CC(=O)C(O)OC(=O)CCCCCCCCCCCCCCC. The maximum absolute atomic E-state index is 12.0. The van der Waals surface area contributed by atoms with Crippen molar-refractivity contribution in [2.24, 2.45) is 0 Å². The molecule has 0 heterocycles. The smallest absolute Gasteiger partial charge is 0.321 e. The van der Waals surface area contributed by atoms with Gasteiger partial charge < -0.3 is 14.6 Å². The molecular weight excluding hydrogens is 544 g/mol. The molecule has 1 atom stereocenters. The largest absolute Gasteiger partial charge is 0.428 e. The third kappa shape index (κ3) is 30.1. The van der Waals surface area contributed by atoms with Crippen LogP contribution in [0.2, 0.25) is 0 Å². The van der Waals surface area contributed by atoms with Crippen LogP contribution < -0.4 is 0 Å². The van der Waals surface area contributed by atoms with Crippen molar-refractivity contribution in [3.8, 4) is 0 Å². The van der Waals surface area contributed by atoms with E-state index in [1.165, 1.54) is 116 Å². The molecule has 43 heavy (non-hydrogen) atoms. The maximum atomic E-state index is 12.0. The number of carbonyl (C=O) groups excluding carboxylic acids is 4. The lowest BCUT2D eigenvalue weighted by Gasteiger charge is -2.11. The molecule has 7 heteroatoms. The second-order valence-corrected chi connectivity index (χ2v) is 12.3. The quantitative estimate of drug-likeness (QED) is 0.0349. The maximum Gasteiger partial charge on any atom is 0.321 e. The van der Waals surface area contributed by atoms with Crippen LogP contribution >= 0.6 is 0 Å². The Hall–Kier alpha value is -1.76. The van der Waals surface area contributed by atoms with Crippen LogP contribution in [0, 0.1) is 0 Å². The van der Waals surface area contributed by atoms with Crippen molar-refractivity contribution in [2.45, 2.75) is 206 Å². The van der Waals surface area contributed by atoms with Gasteiger partial charge in [-0.2, -0.15) is 0 Å². The van der Waals surface area contributed by atoms with Crippen molar-refractivity contribution in [3.05, 3.63) is 0 Å². The molecule has 0 aromatic carbocycles. The predicted molar refractivity (Wildman–Crippen MR) is 173 cm³/mol. The molecule has 0 saturated heterocycles. The average molecular weight is 611 g/mol. The predicted octanol–water partition coefficient (Wildman–Crippen LogP) is 9.84. The van der Waals surface area contributed by atoms with E-state index in [4.69, 9.17) is 4.74 Å². The fourth-order valence-electron chi connectivity index (χ4n) is 5.27. The van der Waals surface area contributed by atoms with Crippen LogP contribution in [0.25, 0.3) is 0 Å².